The van der Waals surface area contributed by atoms with Crippen molar-refractivity contribution in [3.8, 4) is 0 Å². The van der Waals surface area contributed by atoms with Crippen molar-refractivity contribution < 1.29 is 18.7 Å². The molecule has 1 aromatic heterocycles. The standard InChI is InChI=1S/C20H26FN5O3/c1-24-9-7-22-18(24)13-25-8-4-11-28-20(14-25)15-26(10-12-29-20)19(27)23-17-6-3-2-5-16(17)21/h2-3,5-7,9H,4,8,10-15H2,1H3,(H,23,27). The second-order valence-electron chi connectivity index (χ2n) is 7.46. The number of hydrogen-bond donors (Lipinski definition) is 1. The van der Waals surface area contributed by atoms with Gasteiger partial charge in [-0.15, -0.1) is 0 Å². The summed E-state index contributed by atoms with van der Waals surface area (Å²) in [5.74, 6) is -0.394. The number of benzene rings is 1. The number of carbonyl (C=O) groups is 1. The second-order valence-corrected chi connectivity index (χ2v) is 7.46. The van der Waals surface area contributed by atoms with E-state index in [1.807, 2.05) is 17.8 Å². The highest BCUT2D eigenvalue weighted by Gasteiger charge is 2.42. The number of anilines is 1. The van der Waals surface area contributed by atoms with Crippen LogP contribution in [0.3, 0.4) is 0 Å². The normalized spacial score (nSPS) is 23.2. The summed E-state index contributed by atoms with van der Waals surface area (Å²) in [5.41, 5.74) is 0.163. The predicted octanol–water partition coefficient (Wildman–Crippen LogP) is 2.04. The van der Waals surface area contributed by atoms with E-state index in [0.717, 1.165) is 18.8 Å². The minimum absolute atomic E-state index is 0.163. The molecule has 1 atom stereocenters. The topological polar surface area (TPSA) is 71.9 Å². The van der Waals surface area contributed by atoms with Crippen LogP contribution >= 0.6 is 0 Å². The number of para-hydroxylation sites is 1. The molecule has 2 aliphatic rings. The number of nitrogens with one attached hydrogen (secondary N) is 1. The molecule has 0 aliphatic carbocycles. The molecule has 2 aromatic rings. The van der Waals surface area contributed by atoms with Crippen LogP contribution in [0.25, 0.3) is 0 Å². The first-order valence-electron chi connectivity index (χ1n) is 9.82. The summed E-state index contributed by atoms with van der Waals surface area (Å²) in [6.45, 7) is 3.69. The van der Waals surface area contributed by atoms with E-state index in [9.17, 15) is 9.18 Å². The summed E-state index contributed by atoms with van der Waals surface area (Å²) in [4.78, 5) is 21.0. The summed E-state index contributed by atoms with van der Waals surface area (Å²) in [6, 6.07) is 5.77. The number of urea groups is 1. The Morgan fingerprint density at radius 3 is 2.86 bits per heavy atom. The van der Waals surface area contributed by atoms with Crippen LogP contribution in [0.15, 0.2) is 36.7 Å². The van der Waals surface area contributed by atoms with Gasteiger partial charge in [0.1, 0.15) is 11.6 Å². The van der Waals surface area contributed by atoms with E-state index >= 15 is 0 Å². The molecule has 0 bridgehead atoms. The van der Waals surface area contributed by atoms with Crippen LogP contribution in [0.1, 0.15) is 12.2 Å². The lowest BCUT2D eigenvalue weighted by Gasteiger charge is -2.43. The Kier molecular flexibility index (Phi) is 5.79. The molecule has 1 N–H and O–H groups in total. The highest BCUT2D eigenvalue weighted by Crippen LogP contribution is 2.26. The molecule has 2 amide bonds. The smallest absolute Gasteiger partial charge is 0.322 e. The third-order valence-corrected chi connectivity index (χ3v) is 5.30. The molecule has 4 rings (SSSR count). The number of morpholine rings is 1. The van der Waals surface area contributed by atoms with Crippen LogP contribution in [0.2, 0.25) is 0 Å². The van der Waals surface area contributed by atoms with Crippen molar-refractivity contribution >= 4 is 11.7 Å². The second kappa shape index (κ2) is 8.48. The molecule has 0 saturated carbocycles. The Balaban J connectivity index is 1.44. The lowest BCUT2D eigenvalue weighted by Crippen LogP contribution is -2.59. The molecule has 156 valence electrons. The number of aromatic nitrogens is 2. The Morgan fingerprint density at radius 2 is 2.07 bits per heavy atom. The van der Waals surface area contributed by atoms with Crippen molar-refractivity contribution in [1.82, 2.24) is 19.4 Å². The van der Waals surface area contributed by atoms with Gasteiger partial charge in [0.25, 0.3) is 0 Å². The Bertz CT molecular complexity index is 860. The highest BCUT2D eigenvalue weighted by atomic mass is 19.1. The number of imidazole rings is 1. The van der Waals surface area contributed by atoms with Crippen molar-refractivity contribution in [3.63, 3.8) is 0 Å². The van der Waals surface area contributed by atoms with Crippen LogP contribution in [0.4, 0.5) is 14.9 Å². The average Bonchev–Trinajstić information content (AvgIpc) is 3.01. The number of rotatable bonds is 3. The molecule has 8 nitrogen and oxygen atoms in total. The molecule has 1 unspecified atom stereocenters. The van der Waals surface area contributed by atoms with E-state index in [1.165, 1.54) is 6.07 Å². The van der Waals surface area contributed by atoms with Crippen LogP contribution in [-0.2, 0) is 23.1 Å². The zero-order chi connectivity index (χ0) is 20.3. The predicted molar refractivity (Wildman–Crippen MR) is 105 cm³/mol. The lowest BCUT2D eigenvalue weighted by atomic mass is 10.2. The first-order valence-corrected chi connectivity index (χ1v) is 9.82. The molecule has 9 heteroatoms. The quantitative estimate of drug-likeness (QED) is 0.849. The number of nitrogens with zero attached hydrogens (tertiary/aromatic N) is 4. The Morgan fingerprint density at radius 1 is 1.24 bits per heavy atom. The van der Waals surface area contributed by atoms with Gasteiger partial charge in [0.2, 0.25) is 0 Å². The van der Waals surface area contributed by atoms with E-state index in [-0.39, 0.29) is 18.3 Å². The van der Waals surface area contributed by atoms with Crippen molar-refractivity contribution in [2.45, 2.75) is 18.8 Å². The summed E-state index contributed by atoms with van der Waals surface area (Å²) in [5, 5.41) is 2.65. The average molecular weight is 403 g/mol. The third-order valence-electron chi connectivity index (χ3n) is 5.30. The number of carbonyl (C=O) groups excluding carboxylic acids is 1. The van der Waals surface area contributed by atoms with Gasteiger partial charge in [0.05, 0.1) is 38.5 Å². The lowest BCUT2D eigenvalue weighted by molar-refractivity contribution is -0.260. The fraction of sp³-hybridized carbons (Fsp3) is 0.500. The van der Waals surface area contributed by atoms with Gasteiger partial charge in [-0.25, -0.2) is 14.2 Å². The van der Waals surface area contributed by atoms with Crippen LogP contribution < -0.4 is 5.32 Å². The van der Waals surface area contributed by atoms with E-state index < -0.39 is 11.6 Å². The molecule has 0 radical (unpaired) electrons. The molecule has 2 saturated heterocycles. The fourth-order valence-electron chi connectivity index (χ4n) is 3.77. The van der Waals surface area contributed by atoms with E-state index in [0.29, 0.717) is 32.8 Å². The van der Waals surface area contributed by atoms with Crippen molar-refractivity contribution in [1.29, 1.82) is 0 Å². The summed E-state index contributed by atoms with van der Waals surface area (Å²) < 4.78 is 28.0. The first-order chi connectivity index (χ1) is 14.0. The SMILES string of the molecule is Cn1ccnc1CN1CCCOC2(C1)CN(C(=O)Nc1ccccc1F)CCO2. The number of aryl methyl sites for hydroxylation is 1. The number of ether oxygens (including phenoxy) is 2. The van der Waals surface area contributed by atoms with Gasteiger partial charge in [-0.05, 0) is 18.6 Å². The molecule has 2 aliphatic heterocycles. The Hall–Kier alpha value is -2.49. The van der Waals surface area contributed by atoms with E-state index in [4.69, 9.17) is 9.47 Å². The van der Waals surface area contributed by atoms with Gasteiger partial charge in [-0.3, -0.25) is 4.90 Å². The summed E-state index contributed by atoms with van der Waals surface area (Å²) in [6.07, 6.45) is 4.58. The minimum Gasteiger partial charge on any atom is -0.347 e. The van der Waals surface area contributed by atoms with Gasteiger partial charge in [0, 0.05) is 32.5 Å². The molecule has 1 aromatic carbocycles. The van der Waals surface area contributed by atoms with Crippen molar-refractivity contribution in [3.05, 3.63) is 48.3 Å². The van der Waals surface area contributed by atoms with E-state index in [1.54, 1.807) is 29.3 Å². The molecular formula is C20H26FN5O3. The molecule has 3 heterocycles. The first kappa shape index (κ1) is 19.8. The maximum Gasteiger partial charge on any atom is 0.322 e. The van der Waals surface area contributed by atoms with Crippen molar-refractivity contribution in [2.24, 2.45) is 7.05 Å². The number of amides is 2. The zero-order valence-electron chi connectivity index (χ0n) is 16.5. The Labute approximate surface area is 169 Å². The molecule has 1 spiro atoms. The van der Waals surface area contributed by atoms with Crippen molar-refractivity contribution in [2.75, 3.05) is 44.7 Å². The minimum atomic E-state index is -0.896. The molecular weight excluding hydrogens is 377 g/mol. The van der Waals surface area contributed by atoms with Crippen LogP contribution in [0.5, 0.6) is 0 Å². The van der Waals surface area contributed by atoms with Gasteiger partial charge < -0.3 is 24.3 Å². The summed E-state index contributed by atoms with van der Waals surface area (Å²) in [7, 11) is 1.97. The van der Waals surface area contributed by atoms with Crippen LogP contribution in [0, 0.1) is 5.82 Å². The van der Waals surface area contributed by atoms with Gasteiger partial charge in [-0.2, -0.15) is 0 Å². The maximum absolute atomic E-state index is 13.9. The van der Waals surface area contributed by atoms with Gasteiger partial charge in [-0.1, -0.05) is 12.1 Å². The third kappa shape index (κ3) is 4.58. The number of halogens is 1. The highest BCUT2D eigenvalue weighted by molar-refractivity contribution is 5.89. The fourth-order valence-corrected chi connectivity index (χ4v) is 3.77. The molecule has 2 fully saturated rings. The van der Waals surface area contributed by atoms with Gasteiger partial charge >= 0.3 is 6.03 Å². The number of hydrogen-bond acceptors (Lipinski definition) is 5. The maximum atomic E-state index is 13.9. The van der Waals surface area contributed by atoms with Crippen LogP contribution in [-0.4, -0.2) is 70.6 Å². The van der Waals surface area contributed by atoms with E-state index in [2.05, 4.69) is 15.2 Å². The zero-order valence-corrected chi connectivity index (χ0v) is 16.5. The largest absolute Gasteiger partial charge is 0.347 e. The summed E-state index contributed by atoms with van der Waals surface area (Å²) >= 11 is 0. The monoisotopic (exact) mass is 403 g/mol. The van der Waals surface area contributed by atoms with Gasteiger partial charge in [0.15, 0.2) is 5.79 Å². The molecule has 29 heavy (non-hydrogen) atoms.